The molecule has 0 saturated heterocycles. The van der Waals surface area contributed by atoms with Crippen LogP contribution in [0.2, 0.25) is 0 Å². The Morgan fingerprint density at radius 2 is 2.10 bits per heavy atom. The molecule has 102 valence electrons. The molecular formula is C16H16N2O2. The minimum absolute atomic E-state index is 0.0425. The molecule has 1 aliphatic rings. The number of hydrogen-bond donors (Lipinski definition) is 3. The van der Waals surface area contributed by atoms with E-state index >= 15 is 0 Å². The van der Waals surface area contributed by atoms with Crippen molar-refractivity contribution in [1.82, 2.24) is 0 Å². The van der Waals surface area contributed by atoms with Crippen molar-refractivity contribution in [3.05, 3.63) is 54.1 Å². The highest BCUT2D eigenvalue weighted by molar-refractivity contribution is 5.91. The van der Waals surface area contributed by atoms with Crippen LogP contribution >= 0.6 is 0 Å². The lowest BCUT2D eigenvalue weighted by Crippen LogP contribution is -2.16. The lowest BCUT2D eigenvalue weighted by atomic mass is 9.97. The SMILES string of the molecule is O=C(CC1CNc2ccccc21)Nc1cccc(O)c1. The summed E-state index contributed by atoms with van der Waals surface area (Å²) in [6.45, 7) is 0.785. The lowest BCUT2D eigenvalue weighted by molar-refractivity contribution is -0.116. The van der Waals surface area contributed by atoms with Crippen LogP contribution in [0.15, 0.2) is 48.5 Å². The molecule has 1 aliphatic heterocycles. The second-order valence-corrected chi connectivity index (χ2v) is 4.97. The molecule has 1 heterocycles. The average Bonchev–Trinajstić information content (AvgIpc) is 2.82. The minimum atomic E-state index is -0.0425. The second kappa shape index (κ2) is 5.25. The lowest BCUT2D eigenvalue weighted by Gasteiger charge is -2.10. The summed E-state index contributed by atoms with van der Waals surface area (Å²) in [4.78, 5) is 12.1. The van der Waals surface area contributed by atoms with Crippen LogP contribution in [0.1, 0.15) is 17.9 Å². The number of amides is 1. The average molecular weight is 268 g/mol. The molecule has 0 aromatic heterocycles. The van der Waals surface area contributed by atoms with Crippen molar-refractivity contribution in [2.24, 2.45) is 0 Å². The number of fused-ring (bicyclic) bond motifs is 1. The van der Waals surface area contributed by atoms with E-state index in [0.717, 1.165) is 12.2 Å². The molecule has 3 N–H and O–H groups in total. The number of para-hydroxylation sites is 1. The zero-order valence-electron chi connectivity index (χ0n) is 11.0. The van der Waals surface area contributed by atoms with E-state index < -0.39 is 0 Å². The Balaban J connectivity index is 1.66. The van der Waals surface area contributed by atoms with Gasteiger partial charge in [-0.1, -0.05) is 24.3 Å². The summed E-state index contributed by atoms with van der Waals surface area (Å²) < 4.78 is 0. The molecular weight excluding hydrogens is 252 g/mol. The maximum Gasteiger partial charge on any atom is 0.225 e. The van der Waals surface area contributed by atoms with Gasteiger partial charge in [-0.05, 0) is 23.8 Å². The van der Waals surface area contributed by atoms with Gasteiger partial charge in [0.05, 0.1) is 0 Å². The van der Waals surface area contributed by atoms with Gasteiger partial charge in [-0.15, -0.1) is 0 Å². The van der Waals surface area contributed by atoms with Gasteiger partial charge in [0, 0.05) is 36.3 Å². The highest BCUT2D eigenvalue weighted by atomic mass is 16.3. The summed E-state index contributed by atoms with van der Waals surface area (Å²) in [5.74, 6) is 0.304. The van der Waals surface area contributed by atoms with Crippen molar-refractivity contribution >= 4 is 17.3 Å². The Labute approximate surface area is 117 Å². The molecule has 0 fully saturated rings. The van der Waals surface area contributed by atoms with Crippen molar-refractivity contribution in [2.45, 2.75) is 12.3 Å². The summed E-state index contributed by atoms with van der Waals surface area (Å²) in [5.41, 5.74) is 2.93. The number of aromatic hydroxyl groups is 1. The van der Waals surface area contributed by atoms with Gasteiger partial charge in [0.15, 0.2) is 0 Å². The fourth-order valence-electron chi connectivity index (χ4n) is 2.56. The van der Waals surface area contributed by atoms with Gasteiger partial charge in [0.2, 0.25) is 5.91 Å². The Kier molecular flexibility index (Phi) is 3.29. The van der Waals surface area contributed by atoms with Crippen LogP contribution in [0.3, 0.4) is 0 Å². The van der Waals surface area contributed by atoms with Gasteiger partial charge in [-0.2, -0.15) is 0 Å². The number of rotatable bonds is 3. The van der Waals surface area contributed by atoms with Gasteiger partial charge in [-0.3, -0.25) is 4.79 Å². The van der Waals surface area contributed by atoms with Gasteiger partial charge in [-0.25, -0.2) is 0 Å². The predicted molar refractivity (Wildman–Crippen MR) is 79.0 cm³/mol. The van der Waals surface area contributed by atoms with Crippen LogP contribution in [-0.2, 0) is 4.79 Å². The fraction of sp³-hybridized carbons (Fsp3) is 0.188. The molecule has 1 atom stereocenters. The molecule has 0 saturated carbocycles. The number of hydrogen-bond acceptors (Lipinski definition) is 3. The van der Waals surface area contributed by atoms with Gasteiger partial charge < -0.3 is 15.7 Å². The van der Waals surface area contributed by atoms with Crippen molar-refractivity contribution in [1.29, 1.82) is 0 Å². The van der Waals surface area contributed by atoms with Crippen molar-refractivity contribution in [2.75, 3.05) is 17.2 Å². The van der Waals surface area contributed by atoms with Crippen molar-refractivity contribution < 1.29 is 9.90 Å². The number of phenols is 1. The summed E-state index contributed by atoms with van der Waals surface area (Å²) in [6, 6.07) is 14.7. The highest BCUT2D eigenvalue weighted by Crippen LogP contribution is 2.33. The van der Waals surface area contributed by atoms with E-state index in [-0.39, 0.29) is 17.6 Å². The molecule has 20 heavy (non-hydrogen) atoms. The first-order valence-corrected chi connectivity index (χ1v) is 6.64. The summed E-state index contributed by atoms with van der Waals surface area (Å²) >= 11 is 0. The quantitative estimate of drug-likeness (QED) is 0.802. The number of phenolic OH excluding ortho intramolecular Hbond substituents is 1. The van der Waals surface area contributed by atoms with E-state index in [0.29, 0.717) is 12.1 Å². The Hall–Kier alpha value is -2.49. The highest BCUT2D eigenvalue weighted by Gasteiger charge is 2.23. The molecule has 0 aliphatic carbocycles. The van der Waals surface area contributed by atoms with Crippen molar-refractivity contribution in [3.8, 4) is 5.75 Å². The summed E-state index contributed by atoms with van der Waals surface area (Å²) in [6.07, 6.45) is 0.430. The van der Waals surface area contributed by atoms with Crippen LogP contribution < -0.4 is 10.6 Å². The third-order valence-electron chi connectivity index (χ3n) is 3.50. The number of nitrogens with one attached hydrogen (secondary N) is 2. The molecule has 2 aromatic carbocycles. The van der Waals surface area contributed by atoms with Gasteiger partial charge in [0.1, 0.15) is 5.75 Å². The van der Waals surface area contributed by atoms with Crippen LogP contribution in [-0.4, -0.2) is 17.6 Å². The monoisotopic (exact) mass is 268 g/mol. The molecule has 3 rings (SSSR count). The van der Waals surface area contributed by atoms with Crippen LogP contribution in [0, 0.1) is 0 Å². The smallest absolute Gasteiger partial charge is 0.225 e. The zero-order chi connectivity index (χ0) is 13.9. The third kappa shape index (κ3) is 2.59. The summed E-state index contributed by atoms with van der Waals surface area (Å²) in [5, 5.41) is 15.5. The first kappa shape index (κ1) is 12.5. The van der Waals surface area contributed by atoms with E-state index in [1.165, 1.54) is 5.56 Å². The first-order valence-electron chi connectivity index (χ1n) is 6.64. The van der Waals surface area contributed by atoms with E-state index in [4.69, 9.17) is 0 Å². The number of benzene rings is 2. The molecule has 2 aromatic rings. The van der Waals surface area contributed by atoms with E-state index in [1.54, 1.807) is 24.3 Å². The number of carbonyl (C=O) groups excluding carboxylic acids is 1. The molecule has 4 nitrogen and oxygen atoms in total. The first-order chi connectivity index (χ1) is 9.72. The molecule has 1 unspecified atom stereocenters. The third-order valence-corrected chi connectivity index (χ3v) is 3.50. The Morgan fingerprint density at radius 1 is 1.25 bits per heavy atom. The Morgan fingerprint density at radius 3 is 2.95 bits per heavy atom. The minimum Gasteiger partial charge on any atom is -0.508 e. The predicted octanol–water partition coefficient (Wildman–Crippen LogP) is 2.93. The standard InChI is InChI=1S/C16H16N2O2/c19-13-5-3-4-12(9-13)18-16(20)8-11-10-17-15-7-2-1-6-14(11)15/h1-7,9,11,17,19H,8,10H2,(H,18,20). The normalized spacial score (nSPS) is 16.3. The van der Waals surface area contributed by atoms with Crippen LogP contribution in [0.5, 0.6) is 5.75 Å². The largest absolute Gasteiger partial charge is 0.508 e. The van der Waals surface area contributed by atoms with E-state index in [9.17, 15) is 9.90 Å². The molecule has 1 amide bonds. The summed E-state index contributed by atoms with van der Waals surface area (Å²) in [7, 11) is 0. The maximum absolute atomic E-state index is 12.1. The molecule has 0 spiro atoms. The van der Waals surface area contributed by atoms with Crippen LogP contribution in [0.4, 0.5) is 11.4 Å². The number of anilines is 2. The van der Waals surface area contributed by atoms with Crippen molar-refractivity contribution in [3.63, 3.8) is 0 Å². The number of carbonyl (C=O) groups is 1. The topological polar surface area (TPSA) is 61.4 Å². The molecule has 4 heteroatoms. The van der Waals surface area contributed by atoms with Crippen LogP contribution in [0.25, 0.3) is 0 Å². The van der Waals surface area contributed by atoms with E-state index in [2.05, 4.69) is 16.7 Å². The Bertz CT molecular complexity index is 640. The molecule has 0 bridgehead atoms. The fourth-order valence-corrected chi connectivity index (χ4v) is 2.56. The van der Waals surface area contributed by atoms with Gasteiger partial charge in [0.25, 0.3) is 0 Å². The molecule has 0 radical (unpaired) electrons. The maximum atomic E-state index is 12.1. The van der Waals surface area contributed by atoms with Gasteiger partial charge >= 0.3 is 0 Å². The zero-order valence-corrected chi connectivity index (χ0v) is 11.0. The van der Waals surface area contributed by atoms with E-state index in [1.807, 2.05) is 18.2 Å². The second-order valence-electron chi connectivity index (χ2n) is 4.97.